The number of imidazole rings is 1. The van der Waals surface area contributed by atoms with Gasteiger partial charge in [0, 0.05) is 18.2 Å². The molecule has 2 heterocycles. The fraction of sp³-hybridized carbons (Fsp3) is 0.316. The van der Waals surface area contributed by atoms with E-state index in [0.717, 1.165) is 47.8 Å². The number of aryl methyl sites for hydroxylation is 1. The summed E-state index contributed by atoms with van der Waals surface area (Å²) in [6.45, 7) is 5.52. The third-order valence-electron chi connectivity index (χ3n) is 3.90. The van der Waals surface area contributed by atoms with Crippen molar-refractivity contribution in [1.29, 1.82) is 0 Å². The second-order valence-electron chi connectivity index (χ2n) is 5.70. The zero-order valence-corrected chi connectivity index (χ0v) is 13.7. The Labute approximate surface area is 136 Å². The van der Waals surface area contributed by atoms with Gasteiger partial charge in [-0.25, -0.2) is 4.98 Å². The largest absolute Gasteiger partial charge is 0.494 e. The molecule has 4 heteroatoms. The van der Waals surface area contributed by atoms with E-state index in [1.54, 1.807) is 0 Å². The van der Waals surface area contributed by atoms with Crippen LogP contribution in [0, 0.1) is 6.92 Å². The lowest BCUT2D eigenvalue weighted by atomic mass is 10.1. The molecule has 0 saturated heterocycles. The van der Waals surface area contributed by atoms with E-state index >= 15 is 0 Å². The predicted octanol–water partition coefficient (Wildman–Crippen LogP) is 3.60. The Kier molecular flexibility index (Phi) is 4.63. The van der Waals surface area contributed by atoms with E-state index in [1.165, 1.54) is 5.56 Å². The number of nitrogens with two attached hydrogens (primary N) is 1. The van der Waals surface area contributed by atoms with Gasteiger partial charge in [-0.15, -0.1) is 0 Å². The smallest absolute Gasteiger partial charge is 0.140 e. The molecule has 0 aliphatic rings. The van der Waals surface area contributed by atoms with E-state index in [4.69, 9.17) is 15.5 Å². The zero-order valence-electron chi connectivity index (χ0n) is 13.7. The average Bonchev–Trinajstić information content (AvgIpc) is 2.93. The fourth-order valence-corrected chi connectivity index (χ4v) is 2.80. The van der Waals surface area contributed by atoms with Gasteiger partial charge in [0.15, 0.2) is 0 Å². The second-order valence-corrected chi connectivity index (χ2v) is 5.70. The molecular weight excluding hydrogens is 286 g/mol. The Bertz CT molecular complexity index is 790. The number of rotatable bonds is 6. The summed E-state index contributed by atoms with van der Waals surface area (Å²) in [4.78, 5) is 4.80. The van der Waals surface area contributed by atoms with Crippen LogP contribution in [0.15, 0.2) is 42.6 Å². The molecule has 1 aromatic carbocycles. The molecule has 0 unspecified atom stereocenters. The minimum Gasteiger partial charge on any atom is -0.494 e. The van der Waals surface area contributed by atoms with Gasteiger partial charge in [-0.2, -0.15) is 0 Å². The average molecular weight is 309 g/mol. The summed E-state index contributed by atoms with van der Waals surface area (Å²) in [6.07, 6.45) is 3.84. The van der Waals surface area contributed by atoms with Gasteiger partial charge >= 0.3 is 0 Å². The molecule has 3 aromatic rings. The van der Waals surface area contributed by atoms with Gasteiger partial charge in [-0.1, -0.05) is 13.0 Å². The van der Waals surface area contributed by atoms with Crippen LogP contribution in [-0.2, 0) is 6.42 Å². The van der Waals surface area contributed by atoms with E-state index in [9.17, 15) is 0 Å². The lowest BCUT2D eigenvalue weighted by Crippen LogP contribution is -2.04. The Hall–Kier alpha value is -2.33. The maximum absolute atomic E-state index is 5.78. The zero-order chi connectivity index (χ0) is 16.2. The Morgan fingerprint density at radius 1 is 1.17 bits per heavy atom. The van der Waals surface area contributed by atoms with Crippen molar-refractivity contribution in [3.05, 3.63) is 53.9 Å². The third-order valence-corrected chi connectivity index (χ3v) is 3.90. The third kappa shape index (κ3) is 3.08. The monoisotopic (exact) mass is 309 g/mol. The fourth-order valence-electron chi connectivity index (χ4n) is 2.80. The van der Waals surface area contributed by atoms with Crippen LogP contribution in [0.4, 0.5) is 0 Å². The van der Waals surface area contributed by atoms with Crippen molar-refractivity contribution in [2.75, 3.05) is 13.2 Å². The molecule has 0 aliphatic heterocycles. The van der Waals surface area contributed by atoms with Crippen molar-refractivity contribution in [2.45, 2.75) is 26.7 Å². The first kappa shape index (κ1) is 15.6. The van der Waals surface area contributed by atoms with Crippen molar-refractivity contribution in [3.8, 4) is 17.0 Å². The van der Waals surface area contributed by atoms with Crippen LogP contribution in [0.1, 0.15) is 24.6 Å². The number of pyridine rings is 1. The molecule has 0 atom stereocenters. The molecule has 2 aromatic heterocycles. The van der Waals surface area contributed by atoms with Gasteiger partial charge in [0.05, 0.1) is 18.0 Å². The molecule has 0 bridgehead atoms. The molecule has 0 aliphatic carbocycles. The van der Waals surface area contributed by atoms with Crippen LogP contribution in [0.25, 0.3) is 16.9 Å². The molecule has 0 amide bonds. The Balaban J connectivity index is 2.07. The topological polar surface area (TPSA) is 52.5 Å². The molecule has 0 spiro atoms. The normalized spacial score (nSPS) is 11.1. The van der Waals surface area contributed by atoms with Crippen LogP contribution in [0.2, 0.25) is 0 Å². The quantitative estimate of drug-likeness (QED) is 0.757. The van der Waals surface area contributed by atoms with Crippen molar-refractivity contribution in [2.24, 2.45) is 5.73 Å². The van der Waals surface area contributed by atoms with E-state index in [2.05, 4.69) is 48.7 Å². The standard InChI is InChI=1S/C19H23N3O/c1-3-13-23-16-8-6-15(7-9-16)18-17(10-11-20)21-19-14(2)5-4-12-22(18)19/h4-9,12H,3,10-11,13,20H2,1-2H3. The van der Waals surface area contributed by atoms with Crippen LogP contribution >= 0.6 is 0 Å². The number of hydrogen-bond acceptors (Lipinski definition) is 3. The highest BCUT2D eigenvalue weighted by molar-refractivity contribution is 5.69. The summed E-state index contributed by atoms with van der Waals surface area (Å²) in [5, 5.41) is 0. The first-order valence-corrected chi connectivity index (χ1v) is 8.14. The van der Waals surface area contributed by atoms with E-state index in [1.807, 2.05) is 12.1 Å². The molecule has 0 saturated carbocycles. The highest BCUT2D eigenvalue weighted by Gasteiger charge is 2.14. The van der Waals surface area contributed by atoms with Gasteiger partial charge < -0.3 is 10.5 Å². The number of nitrogens with zero attached hydrogens (tertiary/aromatic N) is 2. The Morgan fingerprint density at radius 3 is 2.65 bits per heavy atom. The SMILES string of the molecule is CCCOc1ccc(-c2c(CCN)nc3c(C)cccn23)cc1. The van der Waals surface area contributed by atoms with E-state index in [-0.39, 0.29) is 0 Å². The van der Waals surface area contributed by atoms with E-state index < -0.39 is 0 Å². The highest BCUT2D eigenvalue weighted by atomic mass is 16.5. The van der Waals surface area contributed by atoms with Crippen molar-refractivity contribution in [3.63, 3.8) is 0 Å². The number of hydrogen-bond donors (Lipinski definition) is 1. The van der Waals surface area contributed by atoms with Gasteiger partial charge in [0.2, 0.25) is 0 Å². The van der Waals surface area contributed by atoms with E-state index in [0.29, 0.717) is 6.54 Å². The molecule has 3 rings (SSSR count). The predicted molar refractivity (Wildman–Crippen MR) is 93.9 cm³/mol. The molecule has 23 heavy (non-hydrogen) atoms. The first-order valence-electron chi connectivity index (χ1n) is 8.14. The summed E-state index contributed by atoms with van der Waals surface area (Å²) >= 11 is 0. The summed E-state index contributed by atoms with van der Waals surface area (Å²) in [7, 11) is 0. The summed E-state index contributed by atoms with van der Waals surface area (Å²) in [5.74, 6) is 0.904. The lowest BCUT2D eigenvalue weighted by molar-refractivity contribution is 0.317. The molecule has 120 valence electrons. The number of benzene rings is 1. The molecule has 2 N–H and O–H groups in total. The van der Waals surface area contributed by atoms with Crippen LogP contribution in [0.5, 0.6) is 5.75 Å². The van der Waals surface area contributed by atoms with Gasteiger partial charge in [-0.05, 0) is 55.8 Å². The maximum atomic E-state index is 5.78. The van der Waals surface area contributed by atoms with Crippen molar-refractivity contribution in [1.82, 2.24) is 9.38 Å². The van der Waals surface area contributed by atoms with Crippen LogP contribution in [0.3, 0.4) is 0 Å². The first-order chi connectivity index (χ1) is 11.2. The van der Waals surface area contributed by atoms with Crippen molar-refractivity contribution >= 4 is 5.65 Å². The summed E-state index contributed by atoms with van der Waals surface area (Å²) in [5.41, 5.74) is 11.2. The Morgan fingerprint density at radius 2 is 1.96 bits per heavy atom. The summed E-state index contributed by atoms with van der Waals surface area (Å²) in [6, 6.07) is 12.4. The van der Waals surface area contributed by atoms with Gasteiger partial charge in [0.25, 0.3) is 0 Å². The number of fused-ring (bicyclic) bond motifs is 1. The number of aromatic nitrogens is 2. The van der Waals surface area contributed by atoms with Gasteiger partial charge in [0.1, 0.15) is 11.4 Å². The molecule has 4 nitrogen and oxygen atoms in total. The second kappa shape index (κ2) is 6.84. The summed E-state index contributed by atoms with van der Waals surface area (Å²) < 4.78 is 7.82. The molecular formula is C19H23N3O. The minimum atomic E-state index is 0.591. The lowest BCUT2D eigenvalue weighted by Gasteiger charge is -2.08. The number of ether oxygens (including phenoxy) is 1. The molecule has 0 radical (unpaired) electrons. The van der Waals surface area contributed by atoms with Crippen molar-refractivity contribution < 1.29 is 4.74 Å². The van der Waals surface area contributed by atoms with Crippen LogP contribution < -0.4 is 10.5 Å². The maximum Gasteiger partial charge on any atom is 0.140 e. The highest BCUT2D eigenvalue weighted by Crippen LogP contribution is 2.28. The van der Waals surface area contributed by atoms with Gasteiger partial charge in [-0.3, -0.25) is 4.40 Å². The minimum absolute atomic E-state index is 0.591. The molecule has 0 fully saturated rings. The van der Waals surface area contributed by atoms with Crippen LogP contribution in [-0.4, -0.2) is 22.5 Å².